The number of benzene rings is 1. The zero-order valence-corrected chi connectivity index (χ0v) is 12.7. The summed E-state index contributed by atoms with van der Waals surface area (Å²) in [5.41, 5.74) is 0.0583. The fourth-order valence-corrected chi connectivity index (χ4v) is 2.71. The van der Waals surface area contributed by atoms with E-state index in [0.717, 1.165) is 30.5 Å². The molecule has 2 rings (SSSR count). The molecule has 1 aromatic carbocycles. The zero-order chi connectivity index (χ0) is 16.9. The first kappa shape index (κ1) is 17.6. The second-order valence-corrected chi connectivity index (χ2v) is 5.91. The highest BCUT2D eigenvalue weighted by Crippen LogP contribution is 2.29. The van der Waals surface area contributed by atoms with Crippen LogP contribution < -0.4 is 10.6 Å². The molecule has 7 heteroatoms. The molecule has 2 amide bonds. The van der Waals surface area contributed by atoms with Crippen LogP contribution in [-0.4, -0.2) is 30.3 Å². The van der Waals surface area contributed by atoms with Crippen molar-refractivity contribution in [3.05, 3.63) is 35.4 Å². The number of aliphatic hydroxyl groups is 1. The van der Waals surface area contributed by atoms with Crippen molar-refractivity contribution in [1.82, 2.24) is 10.6 Å². The SMILES string of the molecule is O=C(NCCc1ccc(C(F)(F)F)cc1)NC[C@H]1CC[C@H](O)C1. The maximum Gasteiger partial charge on any atom is 0.416 e. The van der Waals surface area contributed by atoms with Crippen molar-refractivity contribution in [3.8, 4) is 0 Å². The van der Waals surface area contributed by atoms with Crippen LogP contribution in [0.5, 0.6) is 0 Å². The molecule has 4 nitrogen and oxygen atoms in total. The lowest BCUT2D eigenvalue weighted by Gasteiger charge is -2.12. The Balaban J connectivity index is 1.65. The smallest absolute Gasteiger partial charge is 0.393 e. The topological polar surface area (TPSA) is 61.4 Å². The van der Waals surface area contributed by atoms with E-state index < -0.39 is 11.7 Å². The van der Waals surface area contributed by atoms with Crippen molar-refractivity contribution >= 4 is 6.03 Å². The number of urea groups is 1. The third kappa shape index (κ3) is 5.74. The highest BCUT2D eigenvalue weighted by molar-refractivity contribution is 5.73. The summed E-state index contributed by atoms with van der Waals surface area (Å²) in [6.45, 7) is 0.883. The second-order valence-electron chi connectivity index (χ2n) is 5.91. The van der Waals surface area contributed by atoms with Crippen LogP contribution in [0.1, 0.15) is 30.4 Å². The van der Waals surface area contributed by atoms with Gasteiger partial charge in [0.15, 0.2) is 0 Å². The van der Waals surface area contributed by atoms with E-state index in [1.165, 1.54) is 12.1 Å². The molecule has 0 saturated heterocycles. The van der Waals surface area contributed by atoms with Crippen molar-refractivity contribution in [2.45, 2.75) is 38.0 Å². The van der Waals surface area contributed by atoms with Crippen molar-refractivity contribution in [2.24, 2.45) is 5.92 Å². The standard InChI is InChI=1S/C16H21F3N2O2/c17-16(18,19)13-4-1-11(2-5-13)7-8-20-15(23)21-10-12-3-6-14(22)9-12/h1-2,4-5,12,14,22H,3,6-10H2,(H2,20,21,23)/t12-,14-/m0/s1. The van der Waals surface area contributed by atoms with E-state index >= 15 is 0 Å². The molecule has 1 saturated carbocycles. The van der Waals surface area contributed by atoms with E-state index in [1.54, 1.807) is 0 Å². The van der Waals surface area contributed by atoms with Crippen LogP contribution in [0, 0.1) is 5.92 Å². The summed E-state index contributed by atoms with van der Waals surface area (Å²) in [5.74, 6) is 0.311. The molecule has 0 unspecified atom stereocenters. The van der Waals surface area contributed by atoms with Crippen molar-refractivity contribution in [3.63, 3.8) is 0 Å². The lowest BCUT2D eigenvalue weighted by molar-refractivity contribution is -0.137. The van der Waals surface area contributed by atoms with Gasteiger partial charge in [-0.15, -0.1) is 0 Å². The Labute approximate surface area is 133 Å². The molecular weight excluding hydrogens is 309 g/mol. The minimum Gasteiger partial charge on any atom is -0.393 e. The molecule has 1 aromatic rings. The van der Waals surface area contributed by atoms with Crippen LogP contribution in [-0.2, 0) is 12.6 Å². The molecule has 0 bridgehead atoms. The minimum absolute atomic E-state index is 0.260. The summed E-state index contributed by atoms with van der Waals surface area (Å²) in [6, 6.07) is 4.63. The quantitative estimate of drug-likeness (QED) is 0.777. The molecule has 0 heterocycles. The van der Waals surface area contributed by atoms with E-state index in [-0.39, 0.29) is 12.1 Å². The Hall–Kier alpha value is -1.76. The number of aliphatic hydroxyl groups excluding tert-OH is 1. The van der Waals surface area contributed by atoms with E-state index in [4.69, 9.17) is 0 Å². The van der Waals surface area contributed by atoms with Crippen molar-refractivity contribution in [1.29, 1.82) is 0 Å². The number of carbonyl (C=O) groups is 1. The van der Waals surface area contributed by atoms with Gasteiger partial charge in [-0.2, -0.15) is 13.2 Å². The Morgan fingerprint density at radius 3 is 2.43 bits per heavy atom. The third-order valence-electron chi connectivity index (χ3n) is 4.05. The van der Waals surface area contributed by atoms with Gasteiger partial charge in [0, 0.05) is 13.1 Å². The second kappa shape index (κ2) is 7.68. The molecule has 1 aliphatic rings. The minimum atomic E-state index is -4.33. The van der Waals surface area contributed by atoms with Crippen molar-refractivity contribution < 1.29 is 23.1 Å². The number of carbonyl (C=O) groups excluding carboxylic acids is 1. The number of hydrogen-bond donors (Lipinski definition) is 3. The largest absolute Gasteiger partial charge is 0.416 e. The van der Waals surface area contributed by atoms with Crippen LogP contribution >= 0.6 is 0 Å². The Kier molecular flexibility index (Phi) is 5.87. The molecule has 2 atom stereocenters. The molecule has 0 aliphatic heterocycles. The first-order valence-electron chi connectivity index (χ1n) is 7.70. The third-order valence-corrected chi connectivity index (χ3v) is 4.05. The van der Waals surface area contributed by atoms with Crippen LogP contribution in [0.3, 0.4) is 0 Å². The fourth-order valence-electron chi connectivity index (χ4n) is 2.71. The van der Waals surface area contributed by atoms with Gasteiger partial charge < -0.3 is 15.7 Å². The van der Waals surface area contributed by atoms with Crippen LogP contribution in [0.4, 0.5) is 18.0 Å². The normalized spacial score (nSPS) is 21.2. The molecule has 1 fully saturated rings. The predicted molar refractivity (Wildman–Crippen MR) is 79.9 cm³/mol. The zero-order valence-electron chi connectivity index (χ0n) is 12.7. The Bertz CT molecular complexity index is 517. The molecule has 1 aliphatic carbocycles. The average Bonchev–Trinajstić information content (AvgIpc) is 2.90. The van der Waals surface area contributed by atoms with Gasteiger partial charge in [-0.25, -0.2) is 4.79 Å². The monoisotopic (exact) mass is 330 g/mol. The van der Waals surface area contributed by atoms with E-state index in [1.807, 2.05) is 0 Å². The summed E-state index contributed by atoms with van der Waals surface area (Å²) in [6.07, 6.45) is -1.72. The summed E-state index contributed by atoms with van der Waals surface area (Å²) in [4.78, 5) is 11.6. The molecule has 0 radical (unpaired) electrons. The van der Waals surface area contributed by atoms with E-state index in [0.29, 0.717) is 31.8 Å². The predicted octanol–water partition coefficient (Wildman–Crippen LogP) is 2.71. The fraction of sp³-hybridized carbons (Fsp3) is 0.562. The number of alkyl halides is 3. The number of halogens is 3. The van der Waals surface area contributed by atoms with E-state index in [9.17, 15) is 23.1 Å². The number of hydrogen-bond acceptors (Lipinski definition) is 2. The number of amides is 2. The first-order chi connectivity index (χ1) is 10.8. The highest BCUT2D eigenvalue weighted by Gasteiger charge is 2.29. The molecule has 0 spiro atoms. The van der Waals surface area contributed by atoms with Gasteiger partial charge in [-0.3, -0.25) is 0 Å². The average molecular weight is 330 g/mol. The van der Waals surface area contributed by atoms with E-state index in [2.05, 4.69) is 10.6 Å². The first-order valence-corrected chi connectivity index (χ1v) is 7.70. The van der Waals surface area contributed by atoms with Gasteiger partial charge in [-0.05, 0) is 49.3 Å². The van der Waals surface area contributed by atoms with Crippen LogP contribution in [0.15, 0.2) is 24.3 Å². The Morgan fingerprint density at radius 2 is 1.87 bits per heavy atom. The molecular formula is C16H21F3N2O2. The molecule has 3 N–H and O–H groups in total. The van der Waals surface area contributed by atoms with Crippen LogP contribution in [0.2, 0.25) is 0 Å². The maximum atomic E-state index is 12.4. The van der Waals surface area contributed by atoms with Gasteiger partial charge in [0.05, 0.1) is 11.7 Å². The molecule has 0 aromatic heterocycles. The molecule has 23 heavy (non-hydrogen) atoms. The molecule has 128 valence electrons. The lowest BCUT2D eigenvalue weighted by atomic mass is 10.1. The van der Waals surface area contributed by atoms with Gasteiger partial charge in [-0.1, -0.05) is 12.1 Å². The summed E-state index contributed by atoms with van der Waals surface area (Å²) < 4.78 is 37.3. The van der Waals surface area contributed by atoms with Gasteiger partial charge in [0.25, 0.3) is 0 Å². The number of nitrogens with one attached hydrogen (secondary N) is 2. The van der Waals surface area contributed by atoms with Crippen molar-refractivity contribution in [2.75, 3.05) is 13.1 Å². The summed E-state index contributed by atoms with van der Waals surface area (Å²) in [7, 11) is 0. The maximum absolute atomic E-state index is 12.4. The summed E-state index contributed by atoms with van der Waals surface area (Å²) >= 11 is 0. The van der Waals surface area contributed by atoms with Crippen LogP contribution in [0.25, 0.3) is 0 Å². The lowest BCUT2D eigenvalue weighted by Crippen LogP contribution is -2.38. The summed E-state index contributed by atoms with van der Waals surface area (Å²) in [5, 5.41) is 14.8. The number of rotatable bonds is 5. The Morgan fingerprint density at radius 1 is 1.17 bits per heavy atom. The van der Waals surface area contributed by atoms with Gasteiger partial charge >= 0.3 is 12.2 Å². The van der Waals surface area contributed by atoms with Gasteiger partial charge in [0.1, 0.15) is 0 Å². The highest BCUT2D eigenvalue weighted by atomic mass is 19.4. The van der Waals surface area contributed by atoms with Gasteiger partial charge in [0.2, 0.25) is 0 Å².